The van der Waals surface area contributed by atoms with Gasteiger partial charge in [0.1, 0.15) is 0 Å². The number of rotatable bonds is 3. The van der Waals surface area contributed by atoms with Gasteiger partial charge in [-0.15, -0.1) is 0 Å². The van der Waals surface area contributed by atoms with E-state index >= 15 is 0 Å². The molecule has 2 saturated heterocycles. The van der Waals surface area contributed by atoms with Crippen molar-refractivity contribution in [1.82, 2.24) is 10.2 Å². The molecule has 2 unspecified atom stereocenters. The highest BCUT2D eigenvalue weighted by molar-refractivity contribution is 5.87. The molecule has 2 aliphatic heterocycles. The van der Waals surface area contributed by atoms with Gasteiger partial charge in [-0.2, -0.15) is 0 Å². The van der Waals surface area contributed by atoms with Crippen LogP contribution in [-0.4, -0.2) is 47.7 Å². The van der Waals surface area contributed by atoms with Gasteiger partial charge < -0.3 is 15.0 Å². The van der Waals surface area contributed by atoms with E-state index in [1.807, 2.05) is 4.90 Å². The van der Waals surface area contributed by atoms with Crippen molar-refractivity contribution in [1.29, 1.82) is 0 Å². The Bertz CT molecular complexity index is 335. The molecular weight excluding hydrogens is 240 g/mol. The fraction of sp³-hybridized carbons (Fsp3) is 0.933. The molecule has 2 rings (SSSR count). The molecular formula is C15H28N2O2. The van der Waals surface area contributed by atoms with Crippen molar-refractivity contribution in [2.75, 3.05) is 19.6 Å². The van der Waals surface area contributed by atoms with Gasteiger partial charge in [-0.3, -0.25) is 4.79 Å². The maximum absolute atomic E-state index is 13.0. The number of nitrogens with zero attached hydrogens (tertiary/aromatic N) is 1. The van der Waals surface area contributed by atoms with Gasteiger partial charge in [0.15, 0.2) is 0 Å². The molecule has 0 aromatic rings. The summed E-state index contributed by atoms with van der Waals surface area (Å²) in [7, 11) is 0. The first kappa shape index (κ1) is 14.8. The molecule has 2 fully saturated rings. The third-order valence-electron chi connectivity index (χ3n) is 4.19. The van der Waals surface area contributed by atoms with E-state index in [1.165, 1.54) is 0 Å². The Balaban J connectivity index is 2.13. The zero-order valence-corrected chi connectivity index (χ0v) is 12.8. The van der Waals surface area contributed by atoms with Crippen LogP contribution in [0, 0.1) is 0 Å². The molecule has 2 atom stereocenters. The number of amides is 1. The third-order valence-corrected chi connectivity index (χ3v) is 4.19. The van der Waals surface area contributed by atoms with Crippen molar-refractivity contribution in [2.24, 2.45) is 0 Å². The van der Waals surface area contributed by atoms with Crippen molar-refractivity contribution < 1.29 is 9.53 Å². The lowest BCUT2D eigenvalue weighted by Crippen LogP contribution is -2.61. The summed E-state index contributed by atoms with van der Waals surface area (Å²) in [5.41, 5.74) is -0.540. The van der Waals surface area contributed by atoms with Gasteiger partial charge in [-0.05, 0) is 46.6 Å². The molecule has 1 N–H and O–H groups in total. The summed E-state index contributed by atoms with van der Waals surface area (Å²) in [5.74, 6) is 0.287. The first-order chi connectivity index (χ1) is 8.88. The van der Waals surface area contributed by atoms with E-state index in [1.54, 1.807) is 0 Å². The van der Waals surface area contributed by atoms with Gasteiger partial charge in [0.25, 0.3) is 0 Å². The summed E-state index contributed by atoms with van der Waals surface area (Å²) in [6.45, 7) is 10.7. The number of carbonyl (C=O) groups excluding carboxylic acids is 1. The molecule has 4 heteroatoms. The van der Waals surface area contributed by atoms with Crippen molar-refractivity contribution in [3.63, 3.8) is 0 Å². The lowest BCUT2D eigenvalue weighted by molar-refractivity contribution is -0.163. The number of nitrogens with one attached hydrogen (secondary N) is 1. The monoisotopic (exact) mass is 268 g/mol. The van der Waals surface area contributed by atoms with Crippen LogP contribution in [0.4, 0.5) is 0 Å². The second kappa shape index (κ2) is 5.41. The molecule has 1 amide bonds. The maximum Gasteiger partial charge on any atom is 0.243 e. The van der Waals surface area contributed by atoms with Crippen LogP contribution in [0.2, 0.25) is 0 Å². The van der Waals surface area contributed by atoms with Crippen LogP contribution in [0.5, 0.6) is 0 Å². The zero-order valence-electron chi connectivity index (χ0n) is 12.8. The van der Waals surface area contributed by atoms with Crippen molar-refractivity contribution in [3.8, 4) is 0 Å². The highest BCUT2D eigenvalue weighted by Crippen LogP contribution is 2.30. The predicted octanol–water partition coefficient (Wildman–Crippen LogP) is 1.93. The van der Waals surface area contributed by atoms with E-state index in [0.717, 1.165) is 38.8 Å². The van der Waals surface area contributed by atoms with E-state index in [2.05, 4.69) is 33.0 Å². The Labute approximate surface area is 116 Å². The smallest absolute Gasteiger partial charge is 0.243 e. The van der Waals surface area contributed by atoms with Gasteiger partial charge in [0.05, 0.1) is 17.2 Å². The standard InChI is InChI=1S/C15H28N2O2/c1-5-7-15(8-6-9-16-15)13(18)17-10-12(2)19-14(3,4)11-17/h12,16H,5-11H2,1-4H3. The fourth-order valence-corrected chi connectivity index (χ4v) is 3.65. The van der Waals surface area contributed by atoms with E-state index in [9.17, 15) is 4.79 Å². The normalized spacial score (nSPS) is 34.5. The average molecular weight is 268 g/mol. The minimum Gasteiger partial charge on any atom is -0.369 e. The lowest BCUT2D eigenvalue weighted by atomic mass is 9.89. The molecule has 2 aliphatic rings. The SMILES string of the molecule is CCCC1(C(=O)N2CC(C)OC(C)(C)C2)CCCN1. The topological polar surface area (TPSA) is 41.6 Å². The Hall–Kier alpha value is -0.610. The Morgan fingerprint density at radius 1 is 1.47 bits per heavy atom. The molecule has 110 valence electrons. The largest absolute Gasteiger partial charge is 0.369 e. The minimum atomic E-state index is -0.304. The summed E-state index contributed by atoms with van der Waals surface area (Å²) in [6, 6.07) is 0. The first-order valence-electron chi connectivity index (χ1n) is 7.61. The molecule has 0 spiro atoms. The van der Waals surface area contributed by atoms with Crippen LogP contribution in [0.3, 0.4) is 0 Å². The van der Waals surface area contributed by atoms with Gasteiger partial charge in [0.2, 0.25) is 5.91 Å². The number of hydrogen-bond acceptors (Lipinski definition) is 3. The number of carbonyl (C=O) groups is 1. The van der Waals surface area contributed by atoms with Gasteiger partial charge in [0, 0.05) is 13.1 Å². The molecule has 0 bridgehead atoms. The summed E-state index contributed by atoms with van der Waals surface area (Å²) in [5, 5.41) is 3.48. The minimum absolute atomic E-state index is 0.118. The average Bonchev–Trinajstić information content (AvgIpc) is 2.75. The molecule has 0 aromatic carbocycles. The summed E-state index contributed by atoms with van der Waals surface area (Å²) in [4.78, 5) is 15.0. The second-order valence-corrected chi connectivity index (χ2v) is 6.74. The highest BCUT2D eigenvalue weighted by Gasteiger charge is 2.45. The Morgan fingerprint density at radius 3 is 2.74 bits per heavy atom. The quantitative estimate of drug-likeness (QED) is 0.850. The number of ether oxygens (including phenoxy) is 1. The molecule has 0 saturated carbocycles. The van der Waals surface area contributed by atoms with E-state index in [0.29, 0.717) is 6.54 Å². The van der Waals surface area contributed by atoms with Crippen LogP contribution >= 0.6 is 0 Å². The number of hydrogen-bond donors (Lipinski definition) is 1. The van der Waals surface area contributed by atoms with Gasteiger partial charge in [-0.1, -0.05) is 13.3 Å². The lowest BCUT2D eigenvalue weighted by Gasteiger charge is -2.45. The fourth-order valence-electron chi connectivity index (χ4n) is 3.65. The van der Waals surface area contributed by atoms with Gasteiger partial charge >= 0.3 is 0 Å². The van der Waals surface area contributed by atoms with Crippen LogP contribution < -0.4 is 5.32 Å². The van der Waals surface area contributed by atoms with E-state index in [-0.39, 0.29) is 23.2 Å². The third kappa shape index (κ3) is 3.11. The van der Waals surface area contributed by atoms with Crippen LogP contribution in [-0.2, 0) is 9.53 Å². The van der Waals surface area contributed by atoms with E-state index in [4.69, 9.17) is 4.74 Å². The zero-order chi connectivity index (χ0) is 14.1. The maximum atomic E-state index is 13.0. The molecule has 0 aliphatic carbocycles. The van der Waals surface area contributed by atoms with E-state index < -0.39 is 0 Å². The van der Waals surface area contributed by atoms with Crippen LogP contribution in [0.15, 0.2) is 0 Å². The molecule has 0 radical (unpaired) electrons. The predicted molar refractivity (Wildman–Crippen MR) is 76.1 cm³/mol. The summed E-state index contributed by atoms with van der Waals surface area (Å²) < 4.78 is 5.90. The Kier molecular flexibility index (Phi) is 4.21. The molecule has 4 nitrogen and oxygen atoms in total. The van der Waals surface area contributed by atoms with Crippen molar-refractivity contribution in [3.05, 3.63) is 0 Å². The van der Waals surface area contributed by atoms with Crippen molar-refractivity contribution in [2.45, 2.75) is 70.6 Å². The molecule has 0 aromatic heterocycles. The van der Waals surface area contributed by atoms with Crippen LogP contribution in [0.1, 0.15) is 53.4 Å². The van der Waals surface area contributed by atoms with Gasteiger partial charge in [-0.25, -0.2) is 0 Å². The second-order valence-electron chi connectivity index (χ2n) is 6.74. The Morgan fingerprint density at radius 2 is 2.21 bits per heavy atom. The molecule has 19 heavy (non-hydrogen) atoms. The number of morpholine rings is 1. The van der Waals surface area contributed by atoms with Crippen LogP contribution in [0.25, 0.3) is 0 Å². The first-order valence-corrected chi connectivity index (χ1v) is 7.61. The highest BCUT2D eigenvalue weighted by atomic mass is 16.5. The summed E-state index contributed by atoms with van der Waals surface area (Å²) >= 11 is 0. The summed E-state index contributed by atoms with van der Waals surface area (Å²) in [6.07, 6.45) is 4.19. The molecule has 2 heterocycles. The van der Waals surface area contributed by atoms with Crippen molar-refractivity contribution >= 4 is 5.91 Å².